The van der Waals surface area contributed by atoms with E-state index < -0.39 is 11.9 Å². The molecule has 0 radical (unpaired) electrons. The Hall–Kier alpha value is -3.21. The molecule has 5 nitrogen and oxygen atoms in total. The Morgan fingerprint density at radius 1 is 0.862 bits per heavy atom. The van der Waals surface area contributed by atoms with Crippen LogP contribution in [0.25, 0.3) is 0 Å². The first-order chi connectivity index (χ1) is 14.0. The Bertz CT molecular complexity index is 932. The molecule has 3 rings (SSSR count). The molecule has 1 aliphatic heterocycles. The molecule has 0 spiro atoms. The standard InChI is InChI=1S/C24H25NO4/c1-16-21(23(26)28-14-19-10-6-4-7-11-19)17(2)25-18(3)22(16)24(27)29-15-20-12-8-5-9-13-20/h4-13,16,21H,14-15H2,1-3H3. The molecule has 29 heavy (non-hydrogen) atoms. The lowest BCUT2D eigenvalue weighted by Crippen LogP contribution is -2.36. The van der Waals surface area contributed by atoms with Crippen molar-refractivity contribution in [3.63, 3.8) is 0 Å². The number of carbonyl (C=O) groups excluding carboxylic acids is 2. The molecular formula is C24H25NO4. The van der Waals surface area contributed by atoms with E-state index >= 15 is 0 Å². The topological polar surface area (TPSA) is 65.0 Å². The maximum absolute atomic E-state index is 12.8. The van der Waals surface area contributed by atoms with Crippen LogP contribution in [0.3, 0.4) is 0 Å². The number of esters is 2. The van der Waals surface area contributed by atoms with E-state index in [4.69, 9.17) is 9.47 Å². The van der Waals surface area contributed by atoms with Crippen LogP contribution in [0.5, 0.6) is 0 Å². The summed E-state index contributed by atoms with van der Waals surface area (Å²) in [6.07, 6.45) is 0. The zero-order valence-corrected chi connectivity index (χ0v) is 16.9. The summed E-state index contributed by atoms with van der Waals surface area (Å²) in [5, 5.41) is 0. The van der Waals surface area contributed by atoms with Crippen molar-refractivity contribution in [2.24, 2.45) is 16.8 Å². The van der Waals surface area contributed by atoms with Crippen LogP contribution >= 0.6 is 0 Å². The highest BCUT2D eigenvalue weighted by molar-refractivity contribution is 6.05. The lowest BCUT2D eigenvalue weighted by molar-refractivity contribution is -0.149. The first-order valence-electron chi connectivity index (χ1n) is 9.65. The molecular weight excluding hydrogens is 366 g/mol. The van der Waals surface area contributed by atoms with Gasteiger partial charge in [-0.25, -0.2) is 4.79 Å². The first kappa shape index (κ1) is 20.5. The molecule has 0 aliphatic carbocycles. The van der Waals surface area contributed by atoms with Gasteiger partial charge in [-0.3, -0.25) is 9.79 Å². The maximum Gasteiger partial charge on any atom is 0.336 e. The highest BCUT2D eigenvalue weighted by Gasteiger charge is 2.38. The van der Waals surface area contributed by atoms with E-state index in [2.05, 4.69) is 4.99 Å². The maximum atomic E-state index is 12.8. The van der Waals surface area contributed by atoms with Crippen LogP contribution in [0.1, 0.15) is 31.9 Å². The second kappa shape index (κ2) is 9.32. The molecule has 0 N–H and O–H groups in total. The molecule has 2 atom stereocenters. The van der Waals surface area contributed by atoms with E-state index in [-0.39, 0.29) is 25.1 Å². The fraction of sp³-hybridized carbons (Fsp3) is 0.292. The van der Waals surface area contributed by atoms with Crippen molar-refractivity contribution in [2.75, 3.05) is 0 Å². The van der Waals surface area contributed by atoms with Gasteiger partial charge in [-0.1, -0.05) is 67.6 Å². The molecule has 0 fully saturated rings. The van der Waals surface area contributed by atoms with Crippen LogP contribution in [-0.2, 0) is 32.3 Å². The minimum atomic E-state index is -0.610. The molecule has 2 unspecified atom stereocenters. The number of hydrogen-bond acceptors (Lipinski definition) is 5. The van der Waals surface area contributed by atoms with Crippen molar-refractivity contribution in [2.45, 2.75) is 34.0 Å². The monoisotopic (exact) mass is 391 g/mol. The van der Waals surface area contributed by atoms with E-state index in [0.29, 0.717) is 17.0 Å². The van der Waals surface area contributed by atoms with Gasteiger partial charge < -0.3 is 9.47 Å². The number of aliphatic imine (C=N–C) groups is 1. The van der Waals surface area contributed by atoms with E-state index in [1.54, 1.807) is 13.8 Å². The van der Waals surface area contributed by atoms with E-state index in [1.807, 2.05) is 67.6 Å². The second-order valence-corrected chi connectivity index (χ2v) is 7.17. The highest BCUT2D eigenvalue weighted by atomic mass is 16.5. The Morgan fingerprint density at radius 3 is 1.93 bits per heavy atom. The van der Waals surface area contributed by atoms with Crippen molar-refractivity contribution in [1.29, 1.82) is 0 Å². The van der Waals surface area contributed by atoms with Crippen LogP contribution in [0.4, 0.5) is 0 Å². The Kier molecular flexibility index (Phi) is 6.60. The number of benzene rings is 2. The van der Waals surface area contributed by atoms with Gasteiger partial charge in [0.15, 0.2) is 0 Å². The molecule has 0 aromatic heterocycles. The Labute approximate surface area is 171 Å². The van der Waals surface area contributed by atoms with Crippen LogP contribution in [-0.4, -0.2) is 17.7 Å². The molecule has 0 amide bonds. The van der Waals surface area contributed by atoms with Gasteiger partial charge in [-0.2, -0.15) is 0 Å². The van der Waals surface area contributed by atoms with E-state index in [9.17, 15) is 9.59 Å². The molecule has 0 saturated carbocycles. The van der Waals surface area contributed by atoms with E-state index in [0.717, 1.165) is 11.1 Å². The summed E-state index contributed by atoms with van der Waals surface area (Å²) >= 11 is 0. The van der Waals surface area contributed by atoms with Gasteiger partial charge in [-0.05, 0) is 25.0 Å². The van der Waals surface area contributed by atoms with Gasteiger partial charge in [0.05, 0.1) is 5.57 Å². The molecule has 2 aromatic rings. The fourth-order valence-corrected chi connectivity index (χ4v) is 3.58. The smallest absolute Gasteiger partial charge is 0.336 e. The summed E-state index contributed by atoms with van der Waals surface area (Å²) < 4.78 is 11.0. The van der Waals surface area contributed by atoms with Gasteiger partial charge in [0.25, 0.3) is 0 Å². The van der Waals surface area contributed by atoms with Crippen molar-refractivity contribution >= 4 is 17.7 Å². The number of ether oxygens (including phenoxy) is 2. The van der Waals surface area contributed by atoms with Crippen LogP contribution in [0.2, 0.25) is 0 Å². The number of nitrogens with zero attached hydrogens (tertiary/aromatic N) is 1. The largest absolute Gasteiger partial charge is 0.460 e. The quantitative estimate of drug-likeness (QED) is 0.682. The summed E-state index contributed by atoms with van der Waals surface area (Å²) in [6, 6.07) is 19.0. The van der Waals surface area contributed by atoms with Crippen molar-refractivity contribution in [3.05, 3.63) is 83.1 Å². The first-order valence-corrected chi connectivity index (χ1v) is 9.65. The molecule has 0 bridgehead atoms. The third kappa shape index (κ3) is 4.99. The lowest BCUT2D eigenvalue weighted by atomic mass is 9.81. The van der Waals surface area contributed by atoms with E-state index in [1.165, 1.54) is 0 Å². The summed E-state index contributed by atoms with van der Waals surface area (Å²) in [7, 11) is 0. The number of carbonyl (C=O) groups is 2. The Balaban J connectivity index is 1.69. The number of hydrogen-bond donors (Lipinski definition) is 0. The molecule has 0 saturated heterocycles. The normalized spacial score (nSPS) is 18.8. The second-order valence-electron chi connectivity index (χ2n) is 7.17. The van der Waals surface area contributed by atoms with Crippen LogP contribution in [0.15, 0.2) is 76.9 Å². The van der Waals surface area contributed by atoms with Gasteiger partial charge >= 0.3 is 11.9 Å². The number of allylic oxidation sites excluding steroid dienone is 1. The summed E-state index contributed by atoms with van der Waals surface area (Å²) in [6.45, 7) is 5.77. The van der Waals surface area contributed by atoms with Gasteiger partial charge in [-0.15, -0.1) is 0 Å². The van der Waals surface area contributed by atoms with Gasteiger partial charge in [0.1, 0.15) is 19.1 Å². The molecule has 150 valence electrons. The summed E-state index contributed by atoms with van der Waals surface area (Å²) in [5.41, 5.74) is 3.47. The average Bonchev–Trinajstić information content (AvgIpc) is 2.72. The van der Waals surface area contributed by atoms with Crippen molar-refractivity contribution < 1.29 is 19.1 Å². The molecule has 5 heteroatoms. The SMILES string of the molecule is CC1=NC(C)=C(C(=O)OCc2ccccc2)C(C)C1C(=O)OCc1ccccc1. The third-order valence-corrected chi connectivity index (χ3v) is 5.05. The minimum absolute atomic E-state index is 0.176. The van der Waals surface area contributed by atoms with Crippen LogP contribution < -0.4 is 0 Å². The van der Waals surface area contributed by atoms with Crippen molar-refractivity contribution in [1.82, 2.24) is 0 Å². The minimum Gasteiger partial charge on any atom is -0.460 e. The zero-order valence-electron chi connectivity index (χ0n) is 16.9. The third-order valence-electron chi connectivity index (χ3n) is 5.05. The molecule has 2 aromatic carbocycles. The predicted molar refractivity (Wildman–Crippen MR) is 111 cm³/mol. The molecule has 1 heterocycles. The molecule has 1 aliphatic rings. The Morgan fingerprint density at radius 2 is 1.38 bits per heavy atom. The lowest BCUT2D eigenvalue weighted by Gasteiger charge is -2.28. The highest BCUT2D eigenvalue weighted by Crippen LogP contribution is 2.32. The summed E-state index contributed by atoms with van der Waals surface area (Å²) in [4.78, 5) is 30.0. The number of rotatable bonds is 6. The predicted octanol–water partition coefficient (Wildman–Crippen LogP) is 4.47. The average molecular weight is 391 g/mol. The van der Waals surface area contributed by atoms with Gasteiger partial charge in [0, 0.05) is 17.3 Å². The van der Waals surface area contributed by atoms with Crippen LogP contribution in [0, 0.1) is 11.8 Å². The zero-order chi connectivity index (χ0) is 20.8. The van der Waals surface area contributed by atoms with Crippen molar-refractivity contribution in [3.8, 4) is 0 Å². The fourth-order valence-electron chi connectivity index (χ4n) is 3.58. The summed E-state index contributed by atoms with van der Waals surface area (Å²) in [5.74, 6) is -1.82. The van der Waals surface area contributed by atoms with Gasteiger partial charge in [0.2, 0.25) is 0 Å².